The van der Waals surface area contributed by atoms with E-state index in [2.05, 4.69) is 16.2 Å². The van der Waals surface area contributed by atoms with Crippen molar-refractivity contribution in [3.8, 4) is 11.1 Å². The number of halogens is 1. The van der Waals surface area contributed by atoms with Gasteiger partial charge in [0.15, 0.2) is 0 Å². The lowest BCUT2D eigenvalue weighted by Gasteiger charge is -2.18. The molecular weight excluding hydrogens is 591 g/mol. The Morgan fingerprint density at radius 3 is 2.17 bits per heavy atom. The lowest BCUT2D eigenvalue weighted by molar-refractivity contribution is -0.151. The van der Waals surface area contributed by atoms with E-state index in [0.29, 0.717) is 23.0 Å². The average Bonchev–Trinajstić information content (AvgIpc) is 3.56. The van der Waals surface area contributed by atoms with Gasteiger partial charge in [-0.3, -0.25) is 15.0 Å². The number of amides is 3. The van der Waals surface area contributed by atoms with E-state index in [0.717, 1.165) is 27.8 Å². The van der Waals surface area contributed by atoms with Gasteiger partial charge in [-0.25, -0.2) is 19.4 Å². The number of carbonyl (C=O) groups excluding carboxylic acids is 3. The van der Waals surface area contributed by atoms with Crippen molar-refractivity contribution in [1.29, 1.82) is 0 Å². The molecule has 6 rings (SSSR count). The Hall–Kier alpha value is -5.97. The SMILES string of the molecule is O=C(NNC(=O)C(Cc1cn(Cc2ccccc2)c2cc(F)ccc12)NC(=O)C(=O)O)OCC1c2ccccc2-c2ccccc21. The minimum absolute atomic E-state index is 0.00634. The standard InChI is InChI=1S/C35H29FN4O6/c36-23-14-15-24-22(19-40(31(24)17-23)18-21-8-2-1-3-9-21)16-30(37-33(42)34(43)44)32(41)38-39-35(45)46-20-29-27-12-6-4-10-25(27)26-11-5-7-13-28(26)29/h1-15,17,19,29-30H,16,18,20H2,(H,37,42)(H,38,41)(H,39,45)(H,43,44). The molecule has 232 valence electrons. The highest BCUT2D eigenvalue weighted by Crippen LogP contribution is 2.44. The van der Waals surface area contributed by atoms with Crippen molar-refractivity contribution in [2.24, 2.45) is 0 Å². The van der Waals surface area contributed by atoms with Gasteiger partial charge in [-0.1, -0.05) is 78.9 Å². The molecule has 1 aromatic heterocycles. The van der Waals surface area contributed by atoms with Gasteiger partial charge >= 0.3 is 18.0 Å². The summed E-state index contributed by atoms with van der Waals surface area (Å²) >= 11 is 0. The molecule has 1 aliphatic carbocycles. The first-order valence-electron chi connectivity index (χ1n) is 14.5. The fourth-order valence-corrected chi connectivity index (χ4v) is 5.90. The van der Waals surface area contributed by atoms with Gasteiger partial charge in [0.1, 0.15) is 18.5 Å². The summed E-state index contributed by atoms with van der Waals surface area (Å²) in [7, 11) is 0. The van der Waals surface area contributed by atoms with Crippen LogP contribution in [0.15, 0.2) is 103 Å². The van der Waals surface area contributed by atoms with Gasteiger partial charge < -0.3 is 19.7 Å². The molecule has 4 N–H and O–H groups in total. The predicted octanol–water partition coefficient (Wildman–Crippen LogP) is 4.51. The smallest absolute Gasteiger partial charge is 0.426 e. The zero-order valence-corrected chi connectivity index (χ0v) is 24.4. The van der Waals surface area contributed by atoms with Gasteiger partial charge in [0.2, 0.25) is 0 Å². The summed E-state index contributed by atoms with van der Waals surface area (Å²) in [5.41, 5.74) is 10.6. The molecule has 1 unspecified atom stereocenters. The van der Waals surface area contributed by atoms with Gasteiger partial charge in [0.25, 0.3) is 5.91 Å². The van der Waals surface area contributed by atoms with E-state index < -0.39 is 35.7 Å². The molecule has 3 amide bonds. The molecule has 10 nitrogen and oxygen atoms in total. The van der Waals surface area contributed by atoms with E-state index in [4.69, 9.17) is 4.74 Å². The van der Waals surface area contributed by atoms with Crippen molar-refractivity contribution in [3.05, 3.63) is 131 Å². The van der Waals surface area contributed by atoms with Crippen LogP contribution in [0.4, 0.5) is 9.18 Å². The number of carbonyl (C=O) groups is 4. The summed E-state index contributed by atoms with van der Waals surface area (Å²) < 4.78 is 21.5. The largest absolute Gasteiger partial charge is 0.474 e. The maximum Gasteiger partial charge on any atom is 0.426 e. The van der Waals surface area contributed by atoms with Crippen molar-refractivity contribution in [2.45, 2.75) is 24.9 Å². The summed E-state index contributed by atoms with van der Waals surface area (Å²) in [6.45, 7) is 0.412. The number of benzene rings is 4. The normalized spacial score (nSPS) is 12.5. The number of fused-ring (bicyclic) bond motifs is 4. The van der Waals surface area contributed by atoms with E-state index in [1.165, 1.54) is 12.1 Å². The lowest BCUT2D eigenvalue weighted by Crippen LogP contribution is -2.54. The third-order valence-electron chi connectivity index (χ3n) is 7.99. The number of hydrazine groups is 1. The molecule has 0 spiro atoms. The number of rotatable bonds is 8. The monoisotopic (exact) mass is 620 g/mol. The Balaban J connectivity index is 1.16. The molecule has 1 heterocycles. The molecule has 0 fully saturated rings. The number of ether oxygens (including phenoxy) is 1. The van der Waals surface area contributed by atoms with E-state index in [1.54, 1.807) is 12.3 Å². The number of hydrogen-bond acceptors (Lipinski definition) is 5. The zero-order valence-electron chi connectivity index (χ0n) is 24.4. The number of nitrogens with zero attached hydrogens (tertiary/aromatic N) is 1. The van der Waals surface area contributed by atoms with Crippen LogP contribution < -0.4 is 16.2 Å². The molecule has 4 aromatic carbocycles. The Labute approximate surface area is 262 Å². The van der Waals surface area contributed by atoms with Crippen LogP contribution in [0.25, 0.3) is 22.0 Å². The predicted molar refractivity (Wildman–Crippen MR) is 167 cm³/mol. The third kappa shape index (κ3) is 6.29. The maximum atomic E-state index is 14.2. The Bertz CT molecular complexity index is 1910. The van der Waals surface area contributed by atoms with Gasteiger partial charge in [-0.2, -0.15) is 0 Å². The highest BCUT2D eigenvalue weighted by atomic mass is 19.1. The van der Waals surface area contributed by atoms with Crippen molar-refractivity contribution >= 4 is 34.8 Å². The molecule has 0 saturated heterocycles. The summed E-state index contributed by atoms with van der Waals surface area (Å²) in [6.07, 6.45) is 0.637. The number of nitrogens with one attached hydrogen (secondary N) is 3. The first kappa shape index (κ1) is 30.1. The molecule has 46 heavy (non-hydrogen) atoms. The molecule has 1 atom stereocenters. The minimum Gasteiger partial charge on any atom is -0.474 e. The van der Waals surface area contributed by atoms with Crippen LogP contribution in [0.5, 0.6) is 0 Å². The molecule has 11 heteroatoms. The zero-order chi connectivity index (χ0) is 32.2. The second kappa shape index (κ2) is 12.9. The summed E-state index contributed by atoms with van der Waals surface area (Å²) in [5, 5.41) is 12.0. The second-order valence-electron chi connectivity index (χ2n) is 10.9. The molecule has 1 aliphatic rings. The summed E-state index contributed by atoms with van der Waals surface area (Å²) in [5.74, 6) is -4.72. The molecule has 0 aliphatic heterocycles. The number of carboxylic acids is 1. The second-order valence-corrected chi connectivity index (χ2v) is 10.9. The van der Waals surface area contributed by atoms with Gasteiger partial charge in [0, 0.05) is 30.5 Å². The quantitative estimate of drug-likeness (QED) is 0.149. The molecule has 0 bridgehead atoms. The number of hydrogen-bond donors (Lipinski definition) is 4. The average molecular weight is 621 g/mol. The number of carboxylic acid groups (broad SMARTS) is 1. The summed E-state index contributed by atoms with van der Waals surface area (Å²) in [6, 6.07) is 28.0. The number of aliphatic carboxylic acids is 1. The van der Waals surface area contributed by atoms with Crippen LogP contribution in [0.1, 0.15) is 28.2 Å². The highest BCUT2D eigenvalue weighted by Gasteiger charge is 2.30. The van der Waals surface area contributed by atoms with Crippen molar-refractivity contribution in [1.82, 2.24) is 20.7 Å². The van der Waals surface area contributed by atoms with E-state index >= 15 is 0 Å². The molecule has 0 saturated carbocycles. The van der Waals surface area contributed by atoms with Gasteiger partial charge in [0.05, 0.1) is 5.52 Å². The topological polar surface area (TPSA) is 139 Å². The van der Waals surface area contributed by atoms with Gasteiger partial charge in [-0.05, 0) is 51.6 Å². The summed E-state index contributed by atoms with van der Waals surface area (Å²) in [4.78, 5) is 49.4. The minimum atomic E-state index is -1.78. The van der Waals surface area contributed by atoms with Crippen molar-refractivity contribution in [2.75, 3.05) is 6.61 Å². The molecule has 5 aromatic rings. The molecular formula is C35H29FN4O6. The van der Waals surface area contributed by atoms with E-state index in [-0.39, 0.29) is 18.9 Å². The Kier molecular flexibility index (Phi) is 8.46. The van der Waals surface area contributed by atoms with E-state index in [9.17, 15) is 28.7 Å². The van der Waals surface area contributed by atoms with Crippen molar-refractivity contribution in [3.63, 3.8) is 0 Å². The molecule has 0 radical (unpaired) electrons. The fraction of sp³-hybridized carbons (Fsp3) is 0.143. The first-order chi connectivity index (χ1) is 22.3. The first-order valence-corrected chi connectivity index (χ1v) is 14.5. The third-order valence-corrected chi connectivity index (χ3v) is 7.99. The maximum absolute atomic E-state index is 14.2. The Morgan fingerprint density at radius 2 is 1.50 bits per heavy atom. The van der Waals surface area contributed by atoms with Crippen LogP contribution >= 0.6 is 0 Å². The fourth-order valence-electron chi connectivity index (χ4n) is 5.90. The Morgan fingerprint density at radius 1 is 0.848 bits per heavy atom. The van der Waals surface area contributed by atoms with Crippen molar-refractivity contribution < 1.29 is 33.4 Å². The van der Waals surface area contributed by atoms with Crippen LogP contribution in [-0.4, -0.2) is 46.2 Å². The number of aromatic nitrogens is 1. The lowest BCUT2D eigenvalue weighted by atomic mass is 9.98. The van der Waals surface area contributed by atoms with Gasteiger partial charge in [-0.15, -0.1) is 0 Å². The van der Waals surface area contributed by atoms with Crippen LogP contribution in [0.2, 0.25) is 0 Å². The van der Waals surface area contributed by atoms with Crippen LogP contribution in [-0.2, 0) is 32.1 Å². The van der Waals surface area contributed by atoms with Crippen LogP contribution in [0, 0.1) is 5.82 Å². The van der Waals surface area contributed by atoms with Crippen LogP contribution in [0.3, 0.4) is 0 Å². The highest BCUT2D eigenvalue weighted by molar-refractivity contribution is 6.32. The van der Waals surface area contributed by atoms with E-state index in [1.807, 2.05) is 83.4 Å².